The number of hydrogen-bond acceptors (Lipinski definition) is 4. The van der Waals surface area contributed by atoms with E-state index in [4.69, 9.17) is 10.2 Å². The van der Waals surface area contributed by atoms with Crippen LogP contribution in [0.25, 0.3) is 0 Å². The Kier molecular flexibility index (Phi) is 7.52. The number of carbonyl (C=O) groups excluding carboxylic acids is 1. The van der Waals surface area contributed by atoms with Crippen LogP contribution in [0.15, 0.2) is 0 Å². The van der Waals surface area contributed by atoms with Gasteiger partial charge in [0.25, 0.3) is 0 Å². The Hall–Kier alpha value is 0.273. The molecule has 4 nitrogen and oxygen atoms in total. The molecule has 0 aromatic carbocycles. The van der Waals surface area contributed by atoms with Gasteiger partial charge in [-0.15, -0.1) is 0 Å². The number of carboxylic acids is 1. The molecular formula is C3H5BiO4+2. The second-order valence-electron chi connectivity index (χ2n) is 1.06. The summed E-state index contributed by atoms with van der Waals surface area (Å²) in [5.74, 6) is -1.46. The summed E-state index contributed by atoms with van der Waals surface area (Å²) < 4.78 is 0. The molecule has 0 saturated carbocycles. The minimum absolute atomic E-state index is 0. The summed E-state index contributed by atoms with van der Waals surface area (Å²) in [5.41, 5.74) is 0. The van der Waals surface area contributed by atoms with E-state index in [1.807, 2.05) is 0 Å². The zero-order chi connectivity index (χ0) is 5.86. The molecule has 0 aliphatic carbocycles. The van der Waals surface area contributed by atoms with Crippen molar-refractivity contribution >= 4 is 32.2 Å². The maximum Gasteiger partial charge on any atom is 3.00 e. The molecule has 0 aliphatic rings. The van der Waals surface area contributed by atoms with Crippen LogP contribution in [0.1, 0.15) is 6.42 Å². The average Bonchev–Trinajstić information content (AvgIpc) is 1.27. The first-order valence-electron chi connectivity index (χ1n) is 1.69. The Balaban J connectivity index is 0. The first-order valence-corrected chi connectivity index (χ1v) is 1.69. The van der Waals surface area contributed by atoms with Gasteiger partial charge in [-0.1, -0.05) is 0 Å². The third kappa shape index (κ3) is 9.55. The van der Waals surface area contributed by atoms with E-state index >= 15 is 0 Å². The van der Waals surface area contributed by atoms with E-state index in [1.54, 1.807) is 0 Å². The minimum atomic E-state index is -1.79. The SMILES string of the molecule is O=C([O-])CC(O)O.[Bi+3]. The van der Waals surface area contributed by atoms with Crippen molar-refractivity contribution in [3.8, 4) is 0 Å². The van der Waals surface area contributed by atoms with E-state index in [0.717, 1.165) is 0 Å². The number of aliphatic hydroxyl groups excluding tert-OH is 1. The zero-order valence-electron chi connectivity index (χ0n) is 3.94. The van der Waals surface area contributed by atoms with E-state index in [0.29, 0.717) is 0 Å². The van der Waals surface area contributed by atoms with Gasteiger partial charge in [-0.25, -0.2) is 0 Å². The molecule has 0 heterocycles. The van der Waals surface area contributed by atoms with Crippen LogP contribution in [0.2, 0.25) is 0 Å². The standard InChI is InChI=1S/C3H6O4.Bi/c4-2(5)1-3(6)7;/h2,4-5H,1H2,(H,6,7);/q;+3/p-1. The summed E-state index contributed by atoms with van der Waals surface area (Å²) in [4.78, 5) is 9.38. The van der Waals surface area contributed by atoms with Gasteiger partial charge in [-0.3, -0.25) is 0 Å². The van der Waals surface area contributed by atoms with Gasteiger partial charge in [-0.05, 0) is 0 Å². The van der Waals surface area contributed by atoms with Gasteiger partial charge < -0.3 is 20.1 Å². The van der Waals surface area contributed by atoms with Crippen molar-refractivity contribution in [2.45, 2.75) is 12.7 Å². The number of aliphatic hydroxyl groups is 2. The van der Waals surface area contributed by atoms with Gasteiger partial charge in [0.2, 0.25) is 0 Å². The predicted molar refractivity (Wildman–Crippen MR) is 23.6 cm³/mol. The number of carbonyl (C=O) groups is 1. The molecule has 0 aromatic heterocycles. The summed E-state index contributed by atoms with van der Waals surface area (Å²) >= 11 is 0. The van der Waals surface area contributed by atoms with Crippen LogP contribution in [-0.4, -0.2) is 48.7 Å². The second-order valence-corrected chi connectivity index (χ2v) is 1.06. The number of aliphatic carboxylic acids is 1. The third-order valence-electron chi connectivity index (χ3n) is 0.349. The van der Waals surface area contributed by atoms with Crippen LogP contribution < -0.4 is 5.11 Å². The fourth-order valence-corrected chi connectivity index (χ4v) is 0.149. The molecule has 8 heavy (non-hydrogen) atoms. The predicted octanol–water partition coefficient (Wildman–Crippen LogP) is -2.94. The number of carboxylic acid groups (broad SMARTS) is 1. The van der Waals surface area contributed by atoms with Gasteiger partial charge in [0, 0.05) is 12.4 Å². The van der Waals surface area contributed by atoms with Crippen LogP contribution in [0, 0.1) is 0 Å². The minimum Gasteiger partial charge on any atom is -0.550 e. The molecule has 0 bridgehead atoms. The summed E-state index contributed by atoms with van der Waals surface area (Å²) in [6, 6.07) is 0. The molecular weight excluding hydrogens is 309 g/mol. The molecule has 0 aliphatic heterocycles. The van der Waals surface area contributed by atoms with Crippen molar-refractivity contribution in [3.05, 3.63) is 0 Å². The molecule has 0 amide bonds. The zero-order valence-corrected chi connectivity index (χ0v) is 7.42. The quantitative estimate of drug-likeness (QED) is 0.422. The van der Waals surface area contributed by atoms with Crippen molar-refractivity contribution < 1.29 is 20.1 Å². The van der Waals surface area contributed by atoms with E-state index < -0.39 is 18.7 Å². The molecule has 2 radical (unpaired) electrons. The largest absolute Gasteiger partial charge is 3.00 e. The molecule has 44 valence electrons. The average molecular weight is 314 g/mol. The van der Waals surface area contributed by atoms with Crippen LogP contribution >= 0.6 is 0 Å². The van der Waals surface area contributed by atoms with Crippen molar-refractivity contribution in [2.75, 3.05) is 0 Å². The summed E-state index contributed by atoms with van der Waals surface area (Å²) in [5, 5.41) is 25.1. The fraction of sp³-hybridized carbons (Fsp3) is 0.667. The van der Waals surface area contributed by atoms with E-state index in [-0.39, 0.29) is 26.2 Å². The van der Waals surface area contributed by atoms with Crippen LogP contribution in [0.5, 0.6) is 0 Å². The Morgan fingerprint density at radius 1 is 1.62 bits per heavy atom. The van der Waals surface area contributed by atoms with Gasteiger partial charge in [0.15, 0.2) is 6.29 Å². The van der Waals surface area contributed by atoms with E-state index in [9.17, 15) is 9.90 Å². The first-order chi connectivity index (χ1) is 3.13. The Morgan fingerprint density at radius 3 is 2.00 bits per heavy atom. The Labute approximate surface area is 65.3 Å². The number of rotatable bonds is 2. The summed E-state index contributed by atoms with van der Waals surface area (Å²) in [6.07, 6.45) is -2.51. The normalized spacial score (nSPS) is 8.38. The molecule has 0 rings (SSSR count). The summed E-state index contributed by atoms with van der Waals surface area (Å²) in [6.45, 7) is 0. The Morgan fingerprint density at radius 2 is 2.00 bits per heavy atom. The molecule has 5 heteroatoms. The van der Waals surface area contributed by atoms with Crippen LogP contribution in [0.4, 0.5) is 0 Å². The topological polar surface area (TPSA) is 80.6 Å². The van der Waals surface area contributed by atoms with E-state index in [1.165, 1.54) is 0 Å². The van der Waals surface area contributed by atoms with Crippen molar-refractivity contribution in [3.63, 3.8) is 0 Å². The van der Waals surface area contributed by atoms with Crippen LogP contribution in [0.3, 0.4) is 0 Å². The van der Waals surface area contributed by atoms with Gasteiger partial charge in [-0.2, -0.15) is 0 Å². The molecule has 0 spiro atoms. The molecule has 0 atom stereocenters. The third-order valence-corrected chi connectivity index (χ3v) is 0.349. The maximum atomic E-state index is 9.38. The van der Waals surface area contributed by atoms with Crippen molar-refractivity contribution in [2.24, 2.45) is 0 Å². The van der Waals surface area contributed by atoms with Gasteiger partial charge in [0.1, 0.15) is 0 Å². The maximum absolute atomic E-state index is 9.38. The molecule has 0 aromatic rings. The molecule has 0 unspecified atom stereocenters. The summed E-state index contributed by atoms with van der Waals surface area (Å²) in [7, 11) is 0. The number of hydrogen-bond donors (Lipinski definition) is 2. The fourth-order valence-electron chi connectivity index (χ4n) is 0.149. The van der Waals surface area contributed by atoms with Crippen LogP contribution in [-0.2, 0) is 4.79 Å². The molecule has 0 fully saturated rings. The van der Waals surface area contributed by atoms with Gasteiger partial charge in [0.05, 0.1) is 0 Å². The monoisotopic (exact) mass is 314 g/mol. The van der Waals surface area contributed by atoms with Crippen molar-refractivity contribution in [1.82, 2.24) is 0 Å². The smallest absolute Gasteiger partial charge is 0.550 e. The molecule has 0 saturated heterocycles. The molecule has 2 N–H and O–H groups in total. The Bertz CT molecular complexity index is 71.7. The van der Waals surface area contributed by atoms with E-state index in [2.05, 4.69) is 0 Å². The first kappa shape index (κ1) is 11.1. The second kappa shape index (κ2) is 5.41. The van der Waals surface area contributed by atoms with Crippen molar-refractivity contribution in [1.29, 1.82) is 0 Å². The van der Waals surface area contributed by atoms with Gasteiger partial charge >= 0.3 is 26.2 Å².